The summed E-state index contributed by atoms with van der Waals surface area (Å²) in [7, 11) is 1.64. The minimum atomic E-state index is -0.840. The topological polar surface area (TPSA) is 76.5 Å². The van der Waals surface area contributed by atoms with Crippen molar-refractivity contribution in [2.45, 2.75) is 12.6 Å². The molecule has 1 aromatic heterocycles. The van der Waals surface area contributed by atoms with E-state index in [1.165, 1.54) is 23.4 Å². The summed E-state index contributed by atoms with van der Waals surface area (Å²) in [6, 6.07) is 12.6. The third-order valence-corrected chi connectivity index (χ3v) is 4.69. The van der Waals surface area contributed by atoms with E-state index in [2.05, 4.69) is 10.3 Å². The Morgan fingerprint density at radius 2 is 2.10 bits per heavy atom. The number of para-hydroxylation sites is 2. The first-order valence-electron chi connectivity index (χ1n) is 9.08. The van der Waals surface area contributed by atoms with Crippen LogP contribution in [0.25, 0.3) is 0 Å². The van der Waals surface area contributed by atoms with Crippen LogP contribution in [-0.4, -0.2) is 41.1 Å². The number of likely N-dealkylation sites (N-methyl/N-ethyl adjacent to an activating group) is 1. The van der Waals surface area contributed by atoms with Crippen LogP contribution in [0.2, 0.25) is 0 Å². The number of aromatic nitrogens is 2. The van der Waals surface area contributed by atoms with Crippen LogP contribution in [0.15, 0.2) is 61.1 Å². The van der Waals surface area contributed by atoms with Gasteiger partial charge in [0, 0.05) is 19.8 Å². The fourth-order valence-corrected chi connectivity index (χ4v) is 3.20. The monoisotopic (exact) mass is 394 g/mol. The average Bonchev–Trinajstić information content (AvgIpc) is 3.14. The van der Waals surface area contributed by atoms with Crippen LogP contribution in [0.4, 0.5) is 10.1 Å². The molecule has 0 saturated heterocycles. The van der Waals surface area contributed by atoms with Crippen molar-refractivity contribution >= 4 is 17.5 Å². The van der Waals surface area contributed by atoms with Gasteiger partial charge in [-0.1, -0.05) is 24.3 Å². The molecule has 3 aromatic rings. The second kappa shape index (κ2) is 7.75. The van der Waals surface area contributed by atoms with E-state index < -0.39 is 11.9 Å². The van der Waals surface area contributed by atoms with Gasteiger partial charge in [-0.05, 0) is 29.8 Å². The van der Waals surface area contributed by atoms with Crippen molar-refractivity contribution < 1.29 is 18.7 Å². The van der Waals surface area contributed by atoms with Gasteiger partial charge in [-0.25, -0.2) is 9.37 Å². The zero-order chi connectivity index (χ0) is 20.4. The lowest BCUT2D eigenvalue weighted by molar-refractivity contribution is -0.120. The Morgan fingerprint density at radius 1 is 1.28 bits per heavy atom. The molecular weight excluding hydrogens is 375 g/mol. The molecule has 0 fully saturated rings. The maximum Gasteiger partial charge on any atom is 0.272 e. The number of carbonyl (C=O) groups excluding carboxylic acids is 2. The van der Waals surface area contributed by atoms with E-state index >= 15 is 0 Å². The largest absolute Gasteiger partial charge is 0.489 e. The summed E-state index contributed by atoms with van der Waals surface area (Å²) in [6.45, 7) is 0.400. The number of amides is 2. The molecule has 0 bridgehead atoms. The molecule has 8 heteroatoms. The number of ether oxygens (including phenoxy) is 1. The number of benzene rings is 2. The van der Waals surface area contributed by atoms with E-state index in [0.29, 0.717) is 18.0 Å². The standard InChI is InChI=1S/C21H19FN4O3/c1-25-18-7-2-3-8-19(18)29-12-17(21(25)28)24-20(27)16-11-26(13-23-16)10-14-5-4-6-15(22)9-14/h2-9,11,13,17H,10,12H2,1H3,(H,24,27)/t17-/m1/s1. The molecule has 1 aliphatic rings. The van der Waals surface area contributed by atoms with Gasteiger partial charge in [0.1, 0.15) is 29.9 Å². The molecule has 0 unspecified atom stereocenters. The van der Waals surface area contributed by atoms with Gasteiger partial charge in [-0.15, -0.1) is 0 Å². The lowest BCUT2D eigenvalue weighted by Gasteiger charge is -2.20. The molecule has 1 aliphatic heterocycles. The highest BCUT2D eigenvalue weighted by atomic mass is 19.1. The Hall–Kier alpha value is -3.68. The van der Waals surface area contributed by atoms with Gasteiger partial charge in [0.15, 0.2) is 0 Å². The first-order valence-corrected chi connectivity index (χ1v) is 9.08. The summed E-state index contributed by atoms with van der Waals surface area (Å²) in [4.78, 5) is 30.9. The molecule has 1 N–H and O–H groups in total. The van der Waals surface area contributed by atoms with E-state index in [1.807, 2.05) is 12.1 Å². The number of nitrogens with one attached hydrogen (secondary N) is 1. The quantitative estimate of drug-likeness (QED) is 0.736. The Morgan fingerprint density at radius 3 is 2.93 bits per heavy atom. The number of hydrogen-bond donors (Lipinski definition) is 1. The minimum absolute atomic E-state index is 0.0237. The number of carbonyl (C=O) groups is 2. The highest BCUT2D eigenvalue weighted by Gasteiger charge is 2.30. The van der Waals surface area contributed by atoms with Crippen LogP contribution in [0.1, 0.15) is 16.1 Å². The van der Waals surface area contributed by atoms with Crippen LogP contribution in [0.3, 0.4) is 0 Å². The summed E-state index contributed by atoms with van der Waals surface area (Å²) < 4.78 is 20.7. The number of anilines is 1. The van der Waals surface area contributed by atoms with Gasteiger partial charge in [-0.2, -0.15) is 0 Å². The lowest BCUT2D eigenvalue weighted by atomic mass is 10.2. The van der Waals surface area contributed by atoms with Gasteiger partial charge in [0.05, 0.1) is 12.0 Å². The summed E-state index contributed by atoms with van der Waals surface area (Å²) >= 11 is 0. The average molecular weight is 394 g/mol. The highest BCUT2D eigenvalue weighted by Crippen LogP contribution is 2.29. The Labute approximate surface area is 166 Å². The number of rotatable bonds is 4. The van der Waals surface area contributed by atoms with Crippen molar-refractivity contribution in [3.63, 3.8) is 0 Å². The molecule has 2 amide bonds. The van der Waals surface area contributed by atoms with Crippen molar-refractivity contribution in [2.24, 2.45) is 0 Å². The lowest BCUT2D eigenvalue weighted by Crippen LogP contribution is -2.49. The smallest absolute Gasteiger partial charge is 0.272 e. The summed E-state index contributed by atoms with van der Waals surface area (Å²) in [5, 5.41) is 2.69. The molecule has 0 spiro atoms. The normalized spacial score (nSPS) is 16.0. The van der Waals surface area contributed by atoms with Gasteiger partial charge < -0.3 is 19.5 Å². The van der Waals surface area contributed by atoms with Crippen LogP contribution >= 0.6 is 0 Å². The summed E-state index contributed by atoms with van der Waals surface area (Å²) in [5.74, 6) is -0.496. The number of halogens is 1. The SMILES string of the molecule is CN1C(=O)[C@H](NC(=O)c2cn(Cc3cccc(F)c3)cn2)COc2ccccc21. The van der Waals surface area contributed by atoms with E-state index in [-0.39, 0.29) is 24.0 Å². The zero-order valence-electron chi connectivity index (χ0n) is 15.7. The van der Waals surface area contributed by atoms with Crippen molar-refractivity contribution in [1.82, 2.24) is 14.9 Å². The maximum atomic E-state index is 13.3. The summed E-state index contributed by atoms with van der Waals surface area (Å²) in [5.41, 5.74) is 1.56. The molecule has 0 saturated carbocycles. The molecule has 2 aromatic carbocycles. The predicted octanol–water partition coefficient (Wildman–Crippen LogP) is 2.22. The first kappa shape index (κ1) is 18.7. The molecule has 4 rings (SSSR count). The van der Waals surface area contributed by atoms with Crippen LogP contribution in [0, 0.1) is 5.82 Å². The number of hydrogen-bond acceptors (Lipinski definition) is 4. The van der Waals surface area contributed by atoms with Crippen LogP contribution in [0.5, 0.6) is 5.75 Å². The molecule has 148 valence electrons. The molecule has 1 atom stereocenters. The Bertz CT molecular complexity index is 1070. The molecular formula is C21H19FN4O3. The molecule has 29 heavy (non-hydrogen) atoms. The Kier molecular flexibility index (Phi) is 4.99. The molecule has 2 heterocycles. The second-order valence-corrected chi connectivity index (χ2v) is 6.76. The molecule has 0 radical (unpaired) electrons. The first-order chi connectivity index (χ1) is 14.0. The zero-order valence-corrected chi connectivity index (χ0v) is 15.7. The van der Waals surface area contributed by atoms with E-state index in [0.717, 1.165) is 5.56 Å². The van der Waals surface area contributed by atoms with Crippen molar-refractivity contribution in [3.8, 4) is 5.75 Å². The van der Waals surface area contributed by atoms with E-state index in [1.54, 1.807) is 42.1 Å². The minimum Gasteiger partial charge on any atom is -0.489 e. The van der Waals surface area contributed by atoms with Crippen LogP contribution < -0.4 is 15.0 Å². The summed E-state index contributed by atoms with van der Waals surface area (Å²) in [6.07, 6.45) is 3.05. The molecule has 7 nitrogen and oxygen atoms in total. The van der Waals surface area contributed by atoms with Crippen molar-refractivity contribution in [2.75, 3.05) is 18.6 Å². The fourth-order valence-electron chi connectivity index (χ4n) is 3.20. The van der Waals surface area contributed by atoms with E-state index in [4.69, 9.17) is 4.74 Å². The van der Waals surface area contributed by atoms with Gasteiger partial charge in [0.2, 0.25) is 0 Å². The third kappa shape index (κ3) is 3.96. The second-order valence-electron chi connectivity index (χ2n) is 6.76. The third-order valence-electron chi connectivity index (χ3n) is 4.69. The number of imidazole rings is 1. The van der Waals surface area contributed by atoms with Gasteiger partial charge in [0.25, 0.3) is 11.8 Å². The number of nitrogens with zero attached hydrogens (tertiary/aromatic N) is 3. The van der Waals surface area contributed by atoms with Gasteiger partial charge >= 0.3 is 0 Å². The van der Waals surface area contributed by atoms with E-state index in [9.17, 15) is 14.0 Å². The maximum absolute atomic E-state index is 13.3. The van der Waals surface area contributed by atoms with Crippen molar-refractivity contribution in [3.05, 3.63) is 78.1 Å². The number of fused-ring (bicyclic) bond motifs is 1. The van der Waals surface area contributed by atoms with Crippen LogP contribution in [-0.2, 0) is 11.3 Å². The highest BCUT2D eigenvalue weighted by molar-refractivity contribution is 6.02. The fraction of sp³-hybridized carbons (Fsp3) is 0.190. The van der Waals surface area contributed by atoms with Crippen molar-refractivity contribution in [1.29, 1.82) is 0 Å². The predicted molar refractivity (Wildman–Crippen MR) is 104 cm³/mol. The van der Waals surface area contributed by atoms with Gasteiger partial charge in [-0.3, -0.25) is 9.59 Å². The Balaban J connectivity index is 1.44. The molecule has 0 aliphatic carbocycles.